The van der Waals surface area contributed by atoms with Gasteiger partial charge in [0.2, 0.25) is 0 Å². The van der Waals surface area contributed by atoms with Gasteiger partial charge in [0.05, 0.1) is 0 Å². The van der Waals surface area contributed by atoms with E-state index < -0.39 is 23.8 Å². The fourth-order valence-electron chi connectivity index (χ4n) is 5.81. The Labute approximate surface area is 284 Å². The van der Waals surface area contributed by atoms with Gasteiger partial charge in [-0.2, -0.15) is 0 Å². The predicted octanol–water partition coefficient (Wildman–Crippen LogP) is 9.04. The highest BCUT2D eigenvalue weighted by Gasteiger charge is 2.30. The predicted molar refractivity (Wildman–Crippen MR) is 213 cm³/mol. The first kappa shape index (κ1) is 32.8. The van der Waals surface area contributed by atoms with E-state index in [1.54, 1.807) is 0 Å². The van der Waals surface area contributed by atoms with Crippen LogP contribution in [0.15, 0.2) is 212 Å². The summed E-state index contributed by atoms with van der Waals surface area (Å²) >= 11 is 0. The van der Waals surface area contributed by atoms with Crippen molar-refractivity contribution in [3.05, 3.63) is 212 Å². The van der Waals surface area contributed by atoms with E-state index in [1.807, 2.05) is 0 Å². The first-order chi connectivity index (χ1) is 23.3. The van der Waals surface area contributed by atoms with Gasteiger partial charge < -0.3 is 0 Å². The summed E-state index contributed by atoms with van der Waals surface area (Å²) in [6.45, 7) is 2.46. The molecule has 230 valence electrons. The van der Waals surface area contributed by atoms with Crippen LogP contribution < -0.4 is 37.1 Å². The van der Waals surface area contributed by atoms with Gasteiger partial charge in [0.1, 0.15) is 0 Å². The van der Waals surface area contributed by atoms with Crippen molar-refractivity contribution in [3.63, 3.8) is 0 Å². The Morgan fingerprint density at radius 3 is 0.617 bits per heavy atom. The van der Waals surface area contributed by atoms with Crippen molar-refractivity contribution in [2.45, 2.75) is 12.3 Å². The molecule has 0 nitrogen and oxygen atoms in total. The van der Waals surface area contributed by atoms with Crippen LogP contribution in [-0.4, -0.2) is 5.40 Å². The van der Waals surface area contributed by atoms with Crippen LogP contribution in [0.1, 0.15) is 6.92 Å². The molecule has 0 spiro atoms. The summed E-state index contributed by atoms with van der Waals surface area (Å²) in [4.78, 5) is 0. The fourth-order valence-corrected chi connectivity index (χ4v) is 14.9. The molecule has 7 aromatic carbocycles. The van der Waals surface area contributed by atoms with Gasteiger partial charge in [-0.3, -0.25) is 0 Å². The van der Waals surface area contributed by atoms with Crippen molar-refractivity contribution in [3.8, 4) is 0 Å². The molecule has 0 aliphatic heterocycles. The SMILES string of the molecule is CC(P(c1ccccc1)c1ccccc1)P(c1ccccc1)c1ccccc1.c1ccc(P(c2ccccc2)c2ccccc2)cc1. The molecule has 7 rings (SSSR count). The average Bonchev–Trinajstić information content (AvgIpc) is 3.15. The van der Waals surface area contributed by atoms with Gasteiger partial charge in [0.15, 0.2) is 0 Å². The highest BCUT2D eigenvalue weighted by Crippen LogP contribution is 2.55. The van der Waals surface area contributed by atoms with Gasteiger partial charge in [-0.1, -0.05) is 219 Å². The van der Waals surface area contributed by atoms with Crippen LogP contribution in [-0.2, 0) is 0 Å². The molecule has 0 fully saturated rings. The van der Waals surface area contributed by atoms with Crippen LogP contribution in [0.5, 0.6) is 0 Å². The quantitative estimate of drug-likeness (QED) is 0.136. The van der Waals surface area contributed by atoms with Crippen molar-refractivity contribution in [1.82, 2.24) is 0 Å². The molecule has 0 bridgehead atoms. The maximum Gasteiger partial charge on any atom is 0.0126 e. The second-order valence-corrected chi connectivity index (χ2v) is 18.8. The molecule has 0 amide bonds. The van der Waals surface area contributed by atoms with Crippen molar-refractivity contribution in [2.75, 3.05) is 0 Å². The highest BCUT2D eigenvalue weighted by molar-refractivity contribution is 7.89. The van der Waals surface area contributed by atoms with Gasteiger partial charge in [-0.15, -0.1) is 0 Å². The first-order valence-corrected chi connectivity index (χ1v) is 20.2. The van der Waals surface area contributed by atoms with E-state index in [2.05, 4.69) is 219 Å². The zero-order valence-corrected chi connectivity index (χ0v) is 29.3. The summed E-state index contributed by atoms with van der Waals surface area (Å²) in [6, 6.07) is 76.6. The van der Waals surface area contributed by atoms with Crippen LogP contribution in [0.3, 0.4) is 0 Å². The molecule has 0 aliphatic rings. The van der Waals surface area contributed by atoms with E-state index in [0.717, 1.165) is 0 Å². The Kier molecular flexibility index (Phi) is 11.9. The Bertz CT molecular complexity index is 1610. The topological polar surface area (TPSA) is 0 Å². The lowest BCUT2D eigenvalue weighted by Gasteiger charge is -2.33. The lowest BCUT2D eigenvalue weighted by molar-refractivity contribution is 1.38. The molecule has 0 radical (unpaired) electrons. The number of benzene rings is 7. The number of rotatable bonds is 9. The fraction of sp³-hybridized carbons (Fsp3) is 0.0455. The van der Waals surface area contributed by atoms with E-state index in [0.29, 0.717) is 5.40 Å². The second-order valence-electron chi connectivity index (χ2n) is 11.1. The molecule has 0 aromatic heterocycles. The third kappa shape index (κ3) is 8.60. The van der Waals surface area contributed by atoms with Crippen molar-refractivity contribution < 1.29 is 0 Å². The number of hydrogen-bond donors (Lipinski definition) is 0. The summed E-state index contributed by atoms with van der Waals surface area (Å²) in [5.74, 6) is 0. The van der Waals surface area contributed by atoms with E-state index in [4.69, 9.17) is 0 Å². The summed E-state index contributed by atoms with van der Waals surface area (Å²) in [5.41, 5.74) is 0. The maximum absolute atomic E-state index is 2.46. The largest absolute Gasteiger partial charge is 0.0622 e. The molecule has 47 heavy (non-hydrogen) atoms. The van der Waals surface area contributed by atoms with Crippen LogP contribution in [0.4, 0.5) is 0 Å². The van der Waals surface area contributed by atoms with Gasteiger partial charge in [-0.25, -0.2) is 0 Å². The van der Waals surface area contributed by atoms with E-state index in [-0.39, 0.29) is 0 Å². The van der Waals surface area contributed by atoms with E-state index in [1.165, 1.54) is 37.1 Å². The average molecular weight is 661 g/mol. The molecule has 3 heteroatoms. The molecular weight excluding hydrogens is 621 g/mol. The Hall–Kier alpha value is -4.17. The van der Waals surface area contributed by atoms with Crippen LogP contribution in [0.25, 0.3) is 0 Å². The second kappa shape index (κ2) is 17.1. The molecule has 0 aliphatic carbocycles. The molecule has 0 heterocycles. The normalized spacial score (nSPS) is 11.0. The summed E-state index contributed by atoms with van der Waals surface area (Å²) in [7, 11) is -1.39. The monoisotopic (exact) mass is 660 g/mol. The van der Waals surface area contributed by atoms with Crippen LogP contribution in [0.2, 0.25) is 0 Å². The third-order valence-corrected chi connectivity index (χ3v) is 16.7. The molecule has 0 saturated carbocycles. The summed E-state index contributed by atoms with van der Waals surface area (Å²) < 4.78 is 0. The van der Waals surface area contributed by atoms with Gasteiger partial charge >= 0.3 is 0 Å². The standard InChI is InChI=1S/C26H24P2.C18H15P/c1-22(27(23-14-6-2-7-15-23)24-16-8-3-9-17-24)28(25-18-10-4-11-19-25)26-20-12-5-13-21-26;1-4-10-16(11-5-1)19(17-12-6-2-7-13-17)18-14-8-3-9-15-18/h2-22H,1H3;1-15H. The molecule has 0 saturated heterocycles. The van der Waals surface area contributed by atoms with Crippen molar-refractivity contribution in [2.24, 2.45) is 0 Å². The van der Waals surface area contributed by atoms with Crippen molar-refractivity contribution >= 4 is 60.9 Å². The first-order valence-electron chi connectivity index (χ1n) is 16.0. The highest BCUT2D eigenvalue weighted by atomic mass is 31.2. The number of hydrogen-bond acceptors (Lipinski definition) is 0. The molecular formula is C44H39P3. The van der Waals surface area contributed by atoms with Crippen molar-refractivity contribution in [1.29, 1.82) is 0 Å². The summed E-state index contributed by atoms with van der Waals surface area (Å²) in [6.07, 6.45) is 0. The van der Waals surface area contributed by atoms with Crippen LogP contribution in [0, 0.1) is 0 Å². The Morgan fingerprint density at radius 2 is 0.426 bits per heavy atom. The van der Waals surface area contributed by atoms with Crippen LogP contribution >= 0.6 is 23.8 Å². The van der Waals surface area contributed by atoms with Gasteiger partial charge in [0, 0.05) is 5.40 Å². The van der Waals surface area contributed by atoms with E-state index >= 15 is 0 Å². The molecule has 0 N–H and O–H groups in total. The Morgan fingerprint density at radius 1 is 0.255 bits per heavy atom. The zero-order chi connectivity index (χ0) is 32.1. The molecule has 7 aromatic rings. The molecule has 0 atom stereocenters. The Balaban J connectivity index is 0.000000177. The summed E-state index contributed by atoms with van der Waals surface area (Å²) in [5, 5.41) is 10.5. The minimum Gasteiger partial charge on any atom is -0.0622 e. The maximum atomic E-state index is 2.46. The smallest absolute Gasteiger partial charge is 0.0126 e. The lowest BCUT2D eigenvalue weighted by Crippen LogP contribution is -2.25. The minimum atomic E-state index is -0.470. The zero-order valence-electron chi connectivity index (χ0n) is 26.6. The van der Waals surface area contributed by atoms with Gasteiger partial charge in [-0.05, 0) is 60.9 Å². The third-order valence-electron chi connectivity index (χ3n) is 7.93. The molecule has 0 unspecified atom stereocenters. The minimum absolute atomic E-state index is 0.446. The lowest BCUT2D eigenvalue weighted by atomic mass is 10.4. The van der Waals surface area contributed by atoms with E-state index in [9.17, 15) is 0 Å². The van der Waals surface area contributed by atoms with Gasteiger partial charge in [0.25, 0.3) is 0 Å².